The van der Waals surface area contributed by atoms with Gasteiger partial charge >= 0.3 is 0 Å². The third-order valence-corrected chi connectivity index (χ3v) is 7.58. The van der Waals surface area contributed by atoms with Crippen LogP contribution in [0.25, 0.3) is 0 Å². The van der Waals surface area contributed by atoms with E-state index in [4.69, 9.17) is 0 Å². The molecule has 16 heavy (non-hydrogen) atoms. The fourth-order valence-corrected chi connectivity index (χ4v) is 6.90. The first-order chi connectivity index (χ1) is 7.29. The molecule has 1 rings (SSSR count). The molecular weight excluding hydrogens is 344 g/mol. The largest absolute Gasteiger partial charge is 0.0865 e. The quantitative estimate of drug-likeness (QED) is 0.292. The molecule has 1 saturated carbocycles. The monoisotopic (exact) mass is 368 g/mol. The van der Waals surface area contributed by atoms with Gasteiger partial charge in [-0.1, -0.05) is 90.2 Å². The number of hydrogen-bond acceptors (Lipinski definition) is 0. The van der Waals surface area contributed by atoms with Gasteiger partial charge in [0.15, 0.2) is 0 Å². The molecule has 0 nitrogen and oxygen atoms in total. The summed E-state index contributed by atoms with van der Waals surface area (Å²) in [5.74, 6) is 1.77. The second-order valence-electron chi connectivity index (χ2n) is 6.50. The molecule has 0 saturated heterocycles. The summed E-state index contributed by atoms with van der Waals surface area (Å²) in [6, 6.07) is 1.46. The van der Waals surface area contributed by atoms with Gasteiger partial charge in [-0.15, -0.1) is 0 Å². The smallest absolute Gasteiger partial charge is 0.0721 e. The minimum absolute atomic E-state index is 0.298. The molecule has 1 aliphatic rings. The predicted octanol–water partition coefficient (Wildman–Crippen LogP) is 6.03. The topological polar surface area (TPSA) is 0 Å². The van der Waals surface area contributed by atoms with Crippen molar-refractivity contribution < 1.29 is 0 Å². The van der Waals surface area contributed by atoms with Gasteiger partial charge in [0.05, 0.1) is 3.23 Å². The highest BCUT2D eigenvalue weighted by atomic mass is 79.9. The number of alkyl halides is 2. The molecule has 1 aliphatic carbocycles. The number of unbranched alkanes of at least 4 members (excludes halogenated alkanes) is 3. The Morgan fingerprint density at radius 1 is 1.00 bits per heavy atom. The van der Waals surface area contributed by atoms with Crippen LogP contribution in [0.4, 0.5) is 0 Å². The van der Waals surface area contributed by atoms with Gasteiger partial charge in [0.2, 0.25) is 0 Å². The number of hydrogen-bond donors (Lipinski definition) is 0. The third kappa shape index (κ3) is 4.45. The van der Waals surface area contributed by atoms with Crippen LogP contribution in [0, 0.1) is 11.8 Å². The van der Waals surface area contributed by atoms with E-state index in [0.717, 1.165) is 11.8 Å². The fraction of sp³-hybridized carbons (Fsp3) is 1.00. The van der Waals surface area contributed by atoms with E-state index in [0.29, 0.717) is 3.23 Å². The van der Waals surface area contributed by atoms with E-state index in [1.807, 2.05) is 0 Å². The van der Waals surface area contributed by atoms with Crippen molar-refractivity contribution >= 4 is 39.9 Å². The molecule has 0 unspecified atom stereocenters. The van der Waals surface area contributed by atoms with Crippen molar-refractivity contribution in [2.24, 2.45) is 11.8 Å². The van der Waals surface area contributed by atoms with Crippen molar-refractivity contribution in [2.75, 3.05) is 0 Å². The van der Waals surface area contributed by atoms with Crippen LogP contribution in [-0.4, -0.2) is 11.3 Å². The highest BCUT2D eigenvalue weighted by Crippen LogP contribution is 2.66. The normalized spacial score (nSPS) is 28.1. The Morgan fingerprint density at radius 2 is 1.62 bits per heavy atom. The lowest BCUT2D eigenvalue weighted by Crippen LogP contribution is -2.21. The summed E-state index contributed by atoms with van der Waals surface area (Å²) in [7, 11) is -0.903. The van der Waals surface area contributed by atoms with E-state index in [9.17, 15) is 0 Å². The van der Waals surface area contributed by atoms with Gasteiger partial charge in [-0.3, -0.25) is 0 Å². The van der Waals surface area contributed by atoms with Crippen LogP contribution in [0.15, 0.2) is 0 Å². The lowest BCUT2D eigenvalue weighted by Gasteiger charge is -2.15. The summed E-state index contributed by atoms with van der Waals surface area (Å²) in [5, 5.41) is 0. The van der Waals surface area contributed by atoms with Crippen molar-refractivity contribution in [1.82, 2.24) is 0 Å². The summed E-state index contributed by atoms with van der Waals surface area (Å²) < 4.78 is 0.298. The molecule has 0 bridgehead atoms. The molecule has 1 fully saturated rings. The van der Waals surface area contributed by atoms with Crippen molar-refractivity contribution in [3.63, 3.8) is 0 Å². The van der Waals surface area contributed by atoms with E-state index in [-0.39, 0.29) is 0 Å². The van der Waals surface area contributed by atoms with Gasteiger partial charge in [-0.25, -0.2) is 0 Å². The van der Waals surface area contributed by atoms with Gasteiger partial charge in [-0.05, 0) is 18.3 Å². The zero-order valence-electron chi connectivity index (χ0n) is 11.2. The standard InChI is InChI=1S/C13H26Br2Si/c1-5-6-7-8-9-11-12(13(11,14)15)10-16(2,3)4/h11-12H,5-10H2,1-4H3/t11-,12-/m0/s1. The molecule has 0 amide bonds. The Hall–Kier alpha value is 1.18. The molecule has 0 aliphatic heterocycles. The highest BCUT2D eigenvalue weighted by Gasteiger charge is 2.61. The SMILES string of the molecule is CCCCCC[C@H]1[C@H](C[Si](C)(C)C)C1(Br)Br. The van der Waals surface area contributed by atoms with Gasteiger partial charge in [0.25, 0.3) is 0 Å². The van der Waals surface area contributed by atoms with E-state index in [1.165, 1.54) is 38.1 Å². The van der Waals surface area contributed by atoms with Crippen LogP contribution in [0.1, 0.15) is 39.0 Å². The van der Waals surface area contributed by atoms with Crippen LogP contribution in [-0.2, 0) is 0 Å². The number of rotatable bonds is 7. The maximum absolute atomic E-state index is 3.88. The lowest BCUT2D eigenvalue weighted by atomic mass is 10.1. The van der Waals surface area contributed by atoms with E-state index >= 15 is 0 Å². The summed E-state index contributed by atoms with van der Waals surface area (Å²) in [6.07, 6.45) is 6.99. The Bertz CT molecular complexity index is 220. The van der Waals surface area contributed by atoms with E-state index in [1.54, 1.807) is 0 Å². The summed E-state index contributed by atoms with van der Waals surface area (Å²) in [4.78, 5) is 0. The average molecular weight is 370 g/mol. The zero-order chi connectivity index (χ0) is 12.4. The second kappa shape index (κ2) is 5.88. The van der Waals surface area contributed by atoms with Gasteiger partial charge in [-0.2, -0.15) is 0 Å². The Morgan fingerprint density at radius 3 is 2.12 bits per heavy atom. The van der Waals surface area contributed by atoms with Crippen molar-refractivity contribution in [3.8, 4) is 0 Å². The molecule has 0 aromatic carbocycles. The second-order valence-corrected chi connectivity index (χ2v) is 15.7. The molecule has 0 aromatic rings. The lowest BCUT2D eigenvalue weighted by molar-refractivity contribution is 0.576. The van der Waals surface area contributed by atoms with Crippen LogP contribution in [0.2, 0.25) is 25.7 Å². The summed E-state index contributed by atoms with van der Waals surface area (Å²) >= 11 is 7.76. The van der Waals surface area contributed by atoms with Crippen molar-refractivity contribution in [2.45, 2.75) is 67.9 Å². The Labute approximate surface area is 119 Å². The van der Waals surface area contributed by atoms with Crippen LogP contribution < -0.4 is 0 Å². The van der Waals surface area contributed by atoms with Gasteiger partial charge in [0.1, 0.15) is 0 Å². The van der Waals surface area contributed by atoms with Crippen molar-refractivity contribution in [1.29, 1.82) is 0 Å². The van der Waals surface area contributed by atoms with Gasteiger partial charge < -0.3 is 0 Å². The third-order valence-electron chi connectivity index (χ3n) is 3.57. The molecule has 0 aromatic heterocycles. The Kier molecular flexibility index (Phi) is 5.60. The van der Waals surface area contributed by atoms with Crippen molar-refractivity contribution in [3.05, 3.63) is 0 Å². The van der Waals surface area contributed by atoms with Crippen LogP contribution in [0.3, 0.4) is 0 Å². The molecule has 0 radical (unpaired) electrons. The first-order valence-electron chi connectivity index (χ1n) is 6.67. The molecule has 2 atom stereocenters. The first-order valence-corrected chi connectivity index (χ1v) is 12.0. The van der Waals surface area contributed by atoms with Crippen LogP contribution >= 0.6 is 31.9 Å². The molecule has 96 valence electrons. The average Bonchev–Trinajstić information content (AvgIpc) is 2.60. The Balaban J connectivity index is 2.28. The predicted molar refractivity (Wildman–Crippen MR) is 84.5 cm³/mol. The van der Waals surface area contributed by atoms with Gasteiger partial charge in [0, 0.05) is 8.07 Å². The summed E-state index contributed by atoms with van der Waals surface area (Å²) in [6.45, 7) is 9.73. The van der Waals surface area contributed by atoms with E-state index < -0.39 is 8.07 Å². The molecule has 3 heteroatoms. The fourth-order valence-electron chi connectivity index (χ4n) is 2.58. The van der Waals surface area contributed by atoms with Crippen LogP contribution in [0.5, 0.6) is 0 Å². The molecule has 0 spiro atoms. The highest BCUT2D eigenvalue weighted by molar-refractivity contribution is 9.25. The molecule has 0 heterocycles. The zero-order valence-corrected chi connectivity index (χ0v) is 15.3. The molecular formula is C13H26Br2Si. The minimum atomic E-state index is -0.903. The first kappa shape index (κ1) is 15.2. The summed E-state index contributed by atoms with van der Waals surface area (Å²) in [5.41, 5.74) is 0. The number of halogens is 2. The maximum atomic E-state index is 3.88. The molecule has 0 N–H and O–H groups in total. The maximum Gasteiger partial charge on any atom is 0.0865 e. The minimum Gasteiger partial charge on any atom is -0.0721 e. The van der Waals surface area contributed by atoms with E-state index in [2.05, 4.69) is 58.4 Å².